The zero-order valence-electron chi connectivity index (χ0n) is 9.62. The predicted octanol–water partition coefficient (Wildman–Crippen LogP) is 1.56. The van der Waals surface area contributed by atoms with Crippen LogP contribution in [0.25, 0.3) is 0 Å². The maximum absolute atomic E-state index is 4.33. The van der Waals surface area contributed by atoms with Gasteiger partial charge in [-0.05, 0) is 20.8 Å². The van der Waals surface area contributed by atoms with Gasteiger partial charge in [-0.15, -0.1) is 5.10 Å². The highest BCUT2D eigenvalue weighted by molar-refractivity contribution is 4.78. The van der Waals surface area contributed by atoms with E-state index in [0.29, 0.717) is 0 Å². The summed E-state index contributed by atoms with van der Waals surface area (Å²) in [5.41, 5.74) is 0. The highest BCUT2D eigenvalue weighted by atomic mass is 15.7. The number of nitrogens with one attached hydrogen (secondary N) is 1. The van der Waals surface area contributed by atoms with Crippen molar-refractivity contribution in [2.45, 2.75) is 53.8 Å². The van der Waals surface area contributed by atoms with Crippen LogP contribution in [0.4, 0.5) is 0 Å². The molecule has 0 atom stereocenters. The molecule has 0 bridgehead atoms. The fraction of sp³-hybridized carbons (Fsp3) is 0.889. The monoisotopic (exact) mass is 199 g/mol. The van der Waals surface area contributed by atoms with Gasteiger partial charge < -0.3 is 0 Å². The van der Waals surface area contributed by atoms with Crippen molar-refractivity contribution in [2.75, 3.05) is 0 Å². The molecule has 0 aliphatic rings. The molecule has 0 saturated heterocycles. The van der Waals surface area contributed by atoms with Crippen LogP contribution in [0.1, 0.15) is 33.5 Å². The van der Waals surface area contributed by atoms with Gasteiger partial charge >= 0.3 is 0 Å². The summed E-state index contributed by atoms with van der Waals surface area (Å²) in [5, 5.41) is 7.37. The van der Waals surface area contributed by atoms with Crippen molar-refractivity contribution >= 4 is 0 Å². The molecule has 0 spiro atoms. The van der Waals surface area contributed by atoms with Gasteiger partial charge in [-0.2, -0.15) is 4.80 Å². The summed E-state index contributed by atoms with van der Waals surface area (Å²) in [5.74, 6) is 1.10. The van der Waals surface area contributed by atoms with Crippen molar-refractivity contribution in [1.82, 2.24) is 24.6 Å². The van der Waals surface area contributed by atoms with Crippen LogP contribution in [-0.4, -0.2) is 24.6 Å². The van der Waals surface area contributed by atoms with Crippen LogP contribution in [0.2, 0.25) is 0 Å². The van der Waals surface area contributed by atoms with E-state index in [1.807, 2.05) is 4.80 Å². The van der Waals surface area contributed by atoms with Crippen LogP contribution in [-0.2, 0) is 26.1 Å². The molecule has 5 nitrogen and oxygen atoms in total. The summed E-state index contributed by atoms with van der Waals surface area (Å²) in [7, 11) is 0. The smallest absolute Gasteiger partial charge is 0.146 e. The Morgan fingerprint density at radius 3 is 2.21 bits per heavy atom. The molecule has 0 saturated carbocycles. The van der Waals surface area contributed by atoms with Crippen LogP contribution in [0.5, 0.6) is 0 Å². The van der Waals surface area contributed by atoms with E-state index in [1.165, 1.54) is 0 Å². The molecule has 0 radical (unpaired) electrons. The van der Waals surface area contributed by atoms with E-state index in [2.05, 4.69) is 47.5 Å². The van der Waals surface area contributed by atoms with Gasteiger partial charge in [-0.1, -0.05) is 6.92 Å². The first kappa shape index (κ1) is 10.9. The third-order valence-corrected chi connectivity index (χ3v) is 2.35. The highest BCUT2D eigenvalue weighted by Gasteiger charge is 2.03. The SMILES string of the molecule is CCc1n[nH]n(CC)n(CC)n1CC. The van der Waals surface area contributed by atoms with Gasteiger partial charge in [0.15, 0.2) is 0 Å². The molecular weight excluding hydrogens is 178 g/mol. The van der Waals surface area contributed by atoms with E-state index in [9.17, 15) is 0 Å². The molecule has 0 aliphatic carbocycles. The summed E-state index contributed by atoms with van der Waals surface area (Å²) < 4.78 is 2.21. The zero-order valence-corrected chi connectivity index (χ0v) is 9.62. The van der Waals surface area contributed by atoms with Crippen molar-refractivity contribution in [3.63, 3.8) is 0 Å². The summed E-state index contributed by atoms with van der Waals surface area (Å²) >= 11 is 0. The molecule has 1 N–H and O–H groups in total. The average molecular weight is 199 g/mol. The Hall–Kier alpha value is -1.13. The van der Waals surface area contributed by atoms with Crippen molar-refractivity contribution in [3.05, 3.63) is 5.82 Å². The number of hydrogen-bond donors (Lipinski definition) is 1. The predicted molar refractivity (Wildman–Crippen MR) is 56.6 cm³/mol. The Balaban J connectivity index is 3.28. The number of rotatable bonds is 4. The van der Waals surface area contributed by atoms with E-state index in [4.69, 9.17) is 0 Å². The molecule has 0 unspecified atom stereocenters. The number of hydrogen-bond acceptors (Lipinski definition) is 1. The molecule has 0 amide bonds. The number of nitrogens with zero attached hydrogens (tertiary/aromatic N) is 4. The lowest BCUT2D eigenvalue weighted by Gasteiger charge is -2.22. The summed E-state index contributed by atoms with van der Waals surface area (Å²) in [6.07, 6.45) is 0.953. The van der Waals surface area contributed by atoms with Crippen LogP contribution >= 0.6 is 0 Å². The van der Waals surface area contributed by atoms with Crippen molar-refractivity contribution in [2.24, 2.45) is 0 Å². The Morgan fingerprint density at radius 1 is 1.07 bits per heavy atom. The summed E-state index contributed by atoms with van der Waals surface area (Å²) in [6, 6.07) is 0. The van der Waals surface area contributed by atoms with Gasteiger partial charge in [0, 0.05) is 13.0 Å². The third kappa shape index (κ3) is 1.86. The minimum atomic E-state index is 0.908. The van der Waals surface area contributed by atoms with Gasteiger partial charge in [0.25, 0.3) is 0 Å². The third-order valence-electron chi connectivity index (χ3n) is 2.35. The molecule has 5 heteroatoms. The molecule has 0 aromatic carbocycles. The van der Waals surface area contributed by atoms with Crippen molar-refractivity contribution in [3.8, 4) is 0 Å². The Kier molecular flexibility index (Phi) is 3.85. The van der Waals surface area contributed by atoms with E-state index in [-0.39, 0.29) is 0 Å². The first-order valence-electron chi connectivity index (χ1n) is 5.43. The van der Waals surface area contributed by atoms with Gasteiger partial charge in [-0.3, -0.25) is 4.68 Å². The van der Waals surface area contributed by atoms with E-state index in [1.54, 1.807) is 0 Å². The summed E-state index contributed by atoms with van der Waals surface area (Å²) in [4.78, 5) is 4.20. The van der Waals surface area contributed by atoms with Crippen molar-refractivity contribution < 1.29 is 0 Å². The topological polar surface area (TPSA) is 43.5 Å². The quantitative estimate of drug-likeness (QED) is 0.785. The van der Waals surface area contributed by atoms with E-state index in [0.717, 1.165) is 31.9 Å². The number of aryl methyl sites for hydroxylation is 2. The maximum atomic E-state index is 4.33. The lowest BCUT2D eigenvalue weighted by atomic mass is 10.4. The largest absolute Gasteiger partial charge is 0.255 e. The fourth-order valence-corrected chi connectivity index (χ4v) is 1.67. The summed E-state index contributed by atoms with van der Waals surface area (Å²) in [6.45, 7) is 11.3. The molecule has 1 aromatic heterocycles. The second kappa shape index (κ2) is 4.93. The Bertz CT molecular complexity index is 279. The number of aromatic amines is 1. The second-order valence-corrected chi connectivity index (χ2v) is 3.10. The van der Waals surface area contributed by atoms with Crippen molar-refractivity contribution in [1.29, 1.82) is 0 Å². The minimum absolute atomic E-state index is 0.908. The van der Waals surface area contributed by atoms with Crippen LogP contribution in [0, 0.1) is 0 Å². The lowest BCUT2D eigenvalue weighted by Crippen LogP contribution is -2.31. The number of H-pyrrole nitrogens is 1. The molecular formula is C9H21N5. The molecule has 14 heavy (non-hydrogen) atoms. The van der Waals surface area contributed by atoms with Crippen LogP contribution in [0.15, 0.2) is 0 Å². The second-order valence-electron chi connectivity index (χ2n) is 3.10. The number of aromatic nitrogens is 5. The first-order valence-corrected chi connectivity index (χ1v) is 5.43. The van der Waals surface area contributed by atoms with E-state index < -0.39 is 0 Å². The Labute approximate surface area is 85.0 Å². The Morgan fingerprint density at radius 2 is 1.79 bits per heavy atom. The van der Waals surface area contributed by atoms with Gasteiger partial charge in [0.05, 0.1) is 13.1 Å². The van der Waals surface area contributed by atoms with Gasteiger partial charge in [0.2, 0.25) is 0 Å². The standard InChI is InChI=1S/C9H21N5/c1-5-9-10-11-13(7-3)14(8-4)12(9)6-2/h11H,5-8H2,1-4H3. The highest BCUT2D eigenvalue weighted by Crippen LogP contribution is 1.97. The molecule has 0 aliphatic heterocycles. The normalized spacial score (nSPS) is 10.6. The first-order chi connectivity index (χ1) is 6.78. The van der Waals surface area contributed by atoms with E-state index >= 15 is 0 Å². The van der Waals surface area contributed by atoms with Gasteiger partial charge in [0.1, 0.15) is 5.82 Å². The molecule has 1 aromatic rings. The maximum Gasteiger partial charge on any atom is 0.146 e. The molecule has 82 valence electrons. The lowest BCUT2D eigenvalue weighted by molar-refractivity contribution is 0.256. The average Bonchev–Trinajstić information content (AvgIpc) is 2.26. The molecule has 0 fully saturated rings. The fourth-order valence-electron chi connectivity index (χ4n) is 1.67. The molecule has 1 rings (SSSR count). The van der Waals surface area contributed by atoms with Crippen LogP contribution < -0.4 is 0 Å². The van der Waals surface area contributed by atoms with Gasteiger partial charge in [-0.25, -0.2) is 10.0 Å². The molecule has 1 heterocycles. The zero-order chi connectivity index (χ0) is 10.6. The van der Waals surface area contributed by atoms with Crippen LogP contribution in [0.3, 0.4) is 0 Å². The minimum Gasteiger partial charge on any atom is -0.255 e.